The summed E-state index contributed by atoms with van der Waals surface area (Å²) in [7, 11) is 0. The lowest BCUT2D eigenvalue weighted by Crippen LogP contribution is -2.59. The highest BCUT2D eigenvalue weighted by Gasteiger charge is 2.39. The van der Waals surface area contributed by atoms with Gasteiger partial charge in [0.05, 0.1) is 11.7 Å². The molecule has 6 heterocycles. The standard InChI is InChI=1S/C39H44N10O4/c40-31(30-3-1-2-4-34(30)50)18-33-36(41)42-21-28-23-47(15-16-48(28)33)39-43-19-27(20-44-39)25-10-13-46(14-11-25)12-9-24-5-6-29-26(17-24)22-49(38(29)53)32-7-8-35(51)45-37(32)52/h1-6,10,17-20,28,32,42,50H,7-9,11-16,21-23,40-41H2,(H,45,51,52)/b31-18-. The van der Waals surface area contributed by atoms with Crippen molar-refractivity contribution in [2.75, 3.05) is 50.7 Å². The zero-order chi connectivity index (χ0) is 36.6. The number of nitrogens with one attached hydrogen (secondary N) is 2. The first-order chi connectivity index (χ1) is 25.7. The number of aromatic nitrogens is 2. The third-order valence-corrected chi connectivity index (χ3v) is 11.0. The highest BCUT2D eigenvalue weighted by molar-refractivity contribution is 6.05. The van der Waals surface area contributed by atoms with Gasteiger partial charge >= 0.3 is 0 Å². The van der Waals surface area contributed by atoms with Gasteiger partial charge in [0.2, 0.25) is 17.8 Å². The number of hydrogen-bond donors (Lipinski definition) is 5. The molecule has 2 unspecified atom stereocenters. The largest absolute Gasteiger partial charge is 0.507 e. The van der Waals surface area contributed by atoms with E-state index in [1.165, 1.54) is 5.57 Å². The normalized spacial score (nSPS) is 22.3. The van der Waals surface area contributed by atoms with E-state index in [4.69, 9.17) is 21.4 Å². The van der Waals surface area contributed by atoms with E-state index in [0.29, 0.717) is 48.1 Å². The summed E-state index contributed by atoms with van der Waals surface area (Å²) in [4.78, 5) is 55.1. The predicted molar refractivity (Wildman–Crippen MR) is 199 cm³/mol. The smallest absolute Gasteiger partial charge is 0.255 e. The lowest BCUT2D eigenvalue weighted by Gasteiger charge is -2.46. The van der Waals surface area contributed by atoms with Crippen LogP contribution in [-0.2, 0) is 22.6 Å². The summed E-state index contributed by atoms with van der Waals surface area (Å²) in [6.45, 7) is 5.92. The van der Waals surface area contributed by atoms with Crippen LogP contribution in [0.3, 0.4) is 0 Å². The average molecular weight is 717 g/mol. The van der Waals surface area contributed by atoms with Crippen LogP contribution in [-0.4, -0.2) is 105 Å². The number of carbonyl (C=O) groups is 3. The minimum absolute atomic E-state index is 0.127. The van der Waals surface area contributed by atoms with Crippen molar-refractivity contribution in [3.8, 4) is 5.75 Å². The Kier molecular flexibility index (Phi) is 9.21. The molecule has 0 radical (unpaired) electrons. The Bertz CT molecular complexity index is 2040. The van der Waals surface area contributed by atoms with E-state index in [2.05, 4.69) is 37.5 Å². The molecule has 2 saturated heterocycles. The van der Waals surface area contributed by atoms with Crippen molar-refractivity contribution >= 4 is 34.9 Å². The van der Waals surface area contributed by atoms with Crippen LogP contribution in [0.15, 0.2) is 78.5 Å². The van der Waals surface area contributed by atoms with Crippen LogP contribution in [0, 0.1) is 0 Å². The van der Waals surface area contributed by atoms with Crippen molar-refractivity contribution in [1.29, 1.82) is 0 Å². The van der Waals surface area contributed by atoms with Crippen molar-refractivity contribution in [3.63, 3.8) is 0 Å². The van der Waals surface area contributed by atoms with Crippen molar-refractivity contribution in [1.82, 2.24) is 35.3 Å². The molecule has 0 spiro atoms. The number of piperazine rings is 1. The second-order valence-electron chi connectivity index (χ2n) is 14.3. The summed E-state index contributed by atoms with van der Waals surface area (Å²) >= 11 is 0. The number of phenols is 1. The Morgan fingerprint density at radius 3 is 2.62 bits per heavy atom. The number of rotatable bonds is 8. The first-order valence-electron chi connectivity index (χ1n) is 18.2. The van der Waals surface area contributed by atoms with Gasteiger partial charge in [0.1, 0.15) is 17.6 Å². The summed E-state index contributed by atoms with van der Waals surface area (Å²) in [5.41, 5.74) is 19.6. The number of nitrogens with two attached hydrogens (primary N) is 2. The maximum atomic E-state index is 13.0. The van der Waals surface area contributed by atoms with Crippen molar-refractivity contribution in [2.24, 2.45) is 11.5 Å². The van der Waals surface area contributed by atoms with Gasteiger partial charge in [-0.05, 0) is 60.2 Å². The number of phenolic OH excluding ortho intramolecular Hbond substituents is 1. The van der Waals surface area contributed by atoms with Crippen molar-refractivity contribution in [3.05, 3.63) is 106 Å². The zero-order valence-corrected chi connectivity index (χ0v) is 29.5. The molecule has 2 aromatic carbocycles. The van der Waals surface area contributed by atoms with Gasteiger partial charge in [-0.25, -0.2) is 9.97 Å². The Hall–Kier alpha value is -5.89. The maximum Gasteiger partial charge on any atom is 0.255 e. The molecule has 1 aromatic heterocycles. The third kappa shape index (κ3) is 6.89. The van der Waals surface area contributed by atoms with E-state index < -0.39 is 6.04 Å². The monoisotopic (exact) mass is 716 g/mol. The van der Waals surface area contributed by atoms with E-state index in [0.717, 1.165) is 74.5 Å². The molecule has 8 rings (SSSR count). The number of allylic oxidation sites excluding steroid dienone is 1. The van der Waals surface area contributed by atoms with E-state index in [1.807, 2.05) is 36.7 Å². The maximum absolute atomic E-state index is 13.0. The van der Waals surface area contributed by atoms with Gasteiger partial charge in [0.25, 0.3) is 5.91 Å². The SMILES string of the molecule is NC1=C(/C=C(\N)c2ccccc2O)N2CCN(c3ncc(C4=CCN(CCc5ccc6c(c5)CN(C5CCC(=O)NC5=O)C6=O)CC4)cn3)CC2CN1. The van der Waals surface area contributed by atoms with Crippen molar-refractivity contribution in [2.45, 2.75) is 44.3 Å². The second kappa shape index (κ2) is 14.3. The van der Waals surface area contributed by atoms with Crippen LogP contribution >= 0.6 is 0 Å². The molecule has 7 N–H and O–H groups in total. The van der Waals surface area contributed by atoms with Crippen LogP contribution < -0.4 is 27.0 Å². The van der Waals surface area contributed by atoms with Crippen LogP contribution in [0.1, 0.15) is 51.9 Å². The molecule has 274 valence electrons. The molecule has 2 fully saturated rings. The zero-order valence-electron chi connectivity index (χ0n) is 29.5. The van der Waals surface area contributed by atoms with Crippen LogP contribution in [0.4, 0.5) is 5.95 Å². The summed E-state index contributed by atoms with van der Waals surface area (Å²) in [5, 5.41) is 16.0. The molecule has 5 aliphatic heterocycles. The topological polar surface area (TPSA) is 186 Å². The fraction of sp³-hybridized carbons (Fsp3) is 0.359. The molecule has 0 bridgehead atoms. The first kappa shape index (κ1) is 34.2. The number of aromatic hydroxyl groups is 1. The fourth-order valence-electron chi connectivity index (χ4n) is 8.00. The fourth-order valence-corrected chi connectivity index (χ4v) is 8.00. The van der Waals surface area contributed by atoms with E-state index in [-0.39, 0.29) is 35.9 Å². The Morgan fingerprint density at radius 1 is 1.02 bits per heavy atom. The number of benzene rings is 2. The summed E-state index contributed by atoms with van der Waals surface area (Å²) in [6.07, 6.45) is 10.3. The van der Waals surface area contributed by atoms with Gasteiger partial charge < -0.3 is 36.6 Å². The molecular formula is C39H44N10O4. The third-order valence-electron chi connectivity index (χ3n) is 11.0. The lowest BCUT2D eigenvalue weighted by atomic mass is 10.0. The first-order valence-corrected chi connectivity index (χ1v) is 18.2. The number of fused-ring (bicyclic) bond motifs is 2. The molecule has 3 amide bonds. The molecule has 0 saturated carbocycles. The van der Waals surface area contributed by atoms with Gasteiger partial charge in [-0.1, -0.05) is 30.3 Å². The van der Waals surface area contributed by atoms with Gasteiger partial charge in [0, 0.05) is 93.6 Å². The molecule has 53 heavy (non-hydrogen) atoms. The molecule has 14 heteroatoms. The van der Waals surface area contributed by atoms with Crippen LogP contribution in [0.25, 0.3) is 11.3 Å². The highest BCUT2D eigenvalue weighted by atomic mass is 16.3. The van der Waals surface area contributed by atoms with Crippen molar-refractivity contribution < 1.29 is 19.5 Å². The minimum atomic E-state index is -0.601. The van der Waals surface area contributed by atoms with E-state index in [9.17, 15) is 19.5 Å². The Balaban J connectivity index is 0.840. The minimum Gasteiger partial charge on any atom is -0.507 e. The molecular weight excluding hydrogens is 672 g/mol. The average Bonchev–Trinajstić information content (AvgIpc) is 3.50. The van der Waals surface area contributed by atoms with Gasteiger partial charge in [-0.15, -0.1) is 0 Å². The van der Waals surface area contributed by atoms with Crippen LogP contribution in [0.2, 0.25) is 0 Å². The number of amides is 3. The van der Waals surface area contributed by atoms with E-state index in [1.54, 1.807) is 23.1 Å². The quantitative estimate of drug-likeness (QED) is 0.212. The Morgan fingerprint density at radius 2 is 1.85 bits per heavy atom. The van der Waals surface area contributed by atoms with Gasteiger partial charge in [-0.2, -0.15) is 0 Å². The molecule has 5 aliphatic rings. The second-order valence-corrected chi connectivity index (χ2v) is 14.3. The summed E-state index contributed by atoms with van der Waals surface area (Å²) in [5.74, 6) is 0.580. The number of anilines is 1. The number of nitrogens with zero attached hydrogens (tertiary/aromatic N) is 6. The lowest BCUT2D eigenvalue weighted by molar-refractivity contribution is -0.136. The number of imide groups is 1. The number of hydrogen-bond acceptors (Lipinski definition) is 12. The Labute approximate surface area is 307 Å². The van der Waals surface area contributed by atoms with E-state index >= 15 is 0 Å². The molecule has 0 aliphatic carbocycles. The van der Waals surface area contributed by atoms with Gasteiger partial charge in [-0.3, -0.25) is 24.6 Å². The number of piperidine rings is 1. The number of para-hydroxylation sites is 1. The van der Waals surface area contributed by atoms with Gasteiger partial charge in [0.15, 0.2) is 0 Å². The highest BCUT2D eigenvalue weighted by Crippen LogP contribution is 2.30. The predicted octanol–water partition coefficient (Wildman–Crippen LogP) is 1.50. The number of carbonyl (C=O) groups excluding carboxylic acids is 3. The summed E-state index contributed by atoms with van der Waals surface area (Å²) in [6, 6.07) is 12.5. The molecule has 14 nitrogen and oxygen atoms in total. The molecule has 2 atom stereocenters. The van der Waals surface area contributed by atoms with Crippen LogP contribution in [0.5, 0.6) is 5.75 Å². The molecule has 3 aromatic rings. The summed E-state index contributed by atoms with van der Waals surface area (Å²) < 4.78 is 0.